The molecule has 2 aliphatic rings. The second-order valence-corrected chi connectivity index (χ2v) is 6.75. The molecule has 3 amide bonds. The lowest BCUT2D eigenvalue weighted by Gasteiger charge is -2.33. The van der Waals surface area contributed by atoms with Crippen molar-refractivity contribution in [3.8, 4) is 0 Å². The van der Waals surface area contributed by atoms with Gasteiger partial charge in [-0.2, -0.15) is 0 Å². The molecular weight excluding hydrogens is 365 g/mol. The van der Waals surface area contributed by atoms with E-state index < -0.39 is 23.7 Å². The molecule has 1 aromatic carbocycles. The van der Waals surface area contributed by atoms with Crippen LogP contribution >= 0.6 is 0 Å². The van der Waals surface area contributed by atoms with Crippen molar-refractivity contribution in [1.82, 2.24) is 10.6 Å². The predicted octanol–water partition coefficient (Wildman–Crippen LogP) is 1.60. The van der Waals surface area contributed by atoms with Crippen LogP contribution in [-0.2, 0) is 9.59 Å². The molecule has 2 aliphatic heterocycles. The summed E-state index contributed by atoms with van der Waals surface area (Å²) in [5, 5.41) is 13.8. The van der Waals surface area contributed by atoms with E-state index in [9.17, 15) is 23.9 Å². The third-order valence-corrected chi connectivity index (χ3v) is 4.98. The summed E-state index contributed by atoms with van der Waals surface area (Å²) < 4.78 is 14.4. The molecule has 1 aromatic rings. The molecule has 2 heterocycles. The van der Waals surface area contributed by atoms with Gasteiger partial charge in [0, 0.05) is 31.8 Å². The van der Waals surface area contributed by atoms with Crippen LogP contribution in [0.3, 0.4) is 0 Å². The highest BCUT2D eigenvalue weighted by Crippen LogP contribution is 2.25. The molecule has 8 heteroatoms. The first kappa shape index (κ1) is 21.8. The first-order chi connectivity index (χ1) is 13.5. The lowest BCUT2D eigenvalue weighted by molar-refractivity contribution is -0.134. The van der Waals surface area contributed by atoms with Gasteiger partial charge in [-0.3, -0.25) is 19.7 Å². The van der Waals surface area contributed by atoms with E-state index in [0.717, 1.165) is 25.9 Å². The molecule has 0 radical (unpaired) electrons. The van der Waals surface area contributed by atoms with E-state index in [0.29, 0.717) is 5.69 Å². The average Bonchev–Trinajstić information content (AvgIpc) is 2.71. The van der Waals surface area contributed by atoms with Crippen molar-refractivity contribution >= 4 is 23.4 Å². The summed E-state index contributed by atoms with van der Waals surface area (Å²) in [6, 6.07) is 3.57. The predicted molar refractivity (Wildman–Crippen MR) is 103 cm³/mol. The number of carbonyl (C=O) groups excluding carboxylic acids is 3. The van der Waals surface area contributed by atoms with E-state index in [1.165, 1.54) is 12.1 Å². The maximum atomic E-state index is 14.4. The molecule has 0 aromatic heterocycles. The van der Waals surface area contributed by atoms with E-state index in [1.54, 1.807) is 6.07 Å². The summed E-state index contributed by atoms with van der Waals surface area (Å²) >= 11 is 0. The normalized spacial score (nSPS) is 20.1. The van der Waals surface area contributed by atoms with Gasteiger partial charge in [-0.15, -0.1) is 0 Å². The molecule has 7 nitrogen and oxygen atoms in total. The van der Waals surface area contributed by atoms with Crippen molar-refractivity contribution in [1.29, 1.82) is 0 Å². The standard InChI is InChI=1S/C18H22FN3O4.C2H6/c19-14-9-12(22-7-5-11(10-23)6-8-22)1-2-13(14)17(25)20-15-3-4-16(24)21-18(15)26;1-2/h1-2,9,11,15,23H,3-8,10H2,(H,20,25)(H,21,24,26);1-2H3. The van der Waals surface area contributed by atoms with Crippen molar-refractivity contribution < 1.29 is 23.9 Å². The van der Waals surface area contributed by atoms with Crippen molar-refractivity contribution in [2.45, 2.75) is 45.6 Å². The zero-order chi connectivity index (χ0) is 20.7. The van der Waals surface area contributed by atoms with Crippen LogP contribution in [0.5, 0.6) is 0 Å². The number of benzene rings is 1. The number of nitrogens with zero attached hydrogens (tertiary/aromatic N) is 1. The first-order valence-electron chi connectivity index (χ1n) is 9.78. The molecule has 3 N–H and O–H groups in total. The quantitative estimate of drug-likeness (QED) is 0.675. The largest absolute Gasteiger partial charge is 0.396 e. The smallest absolute Gasteiger partial charge is 0.254 e. The topological polar surface area (TPSA) is 98.7 Å². The fourth-order valence-electron chi connectivity index (χ4n) is 3.33. The van der Waals surface area contributed by atoms with Crippen molar-refractivity contribution in [3.05, 3.63) is 29.6 Å². The first-order valence-corrected chi connectivity index (χ1v) is 9.78. The monoisotopic (exact) mass is 393 g/mol. The molecule has 0 spiro atoms. The van der Waals surface area contributed by atoms with Crippen LogP contribution in [0.25, 0.3) is 0 Å². The number of imide groups is 1. The van der Waals surface area contributed by atoms with E-state index in [1.807, 2.05) is 18.7 Å². The van der Waals surface area contributed by atoms with E-state index >= 15 is 0 Å². The summed E-state index contributed by atoms with van der Waals surface area (Å²) in [6.07, 6.45) is 2.03. The van der Waals surface area contributed by atoms with E-state index in [4.69, 9.17) is 0 Å². The minimum absolute atomic E-state index is 0.135. The number of aliphatic hydroxyl groups is 1. The number of hydrogen-bond donors (Lipinski definition) is 3. The Hall–Kier alpha value is -2.48. The molecule has 0 bridgehead atoms. The number of halogens is 1. The van der Waals surface area contributed by atoms with Crippen LogP contribution in [0, 0.1) is 11.7 Å². The molecule has 1 unspecified atom stereocenters. The fourth-order valence-corrected chi connectivity index (χ4v) is 3.33. The molecule has 28 heavy (non-hydrogen) atoms. The Balaban J connectivity index is 0.00000136. The Kier molecular flexibility index (Phi) is 7.92. The van der Waals surface area contributed by atoms with Gasteiger partial charge in [0.2, 0.25) is 11.8 Å². The zero-order valence-electron chi connectivity index (χ0n) is 16.3. The minimum atomic E-state index is -0.836. The molecular formula is C20H28FN3O4. The van der Waals surface area contributed by atoms with Gasteiger partial charge in [0.25, 0.3) is 5.91 Å². The van der Waals surface area contributed by atoms with Gasteiger partial charge in [-0.25, -0.2) is 4.39 Å². The third kappa shape index (κ3) is 5.28. The van der Waals surface area contributed by atoms with E-state index in [-0.39, 0.29) is 36.8 Å². The van der Waals surface area contributed by atoms with Gasteiger partial charge in [0.1, 0.15) is 11.9 Å². The van der Waals surface area contributed by atoms with Gasteiger partial charge >= 0.3 is 0 Å². The number of carbonyl (C=O) groups is 3. The lowest BCUT2D eigenvalue weighted by Crippen LogP contribution is -2.52. The van der Waals surface area contributed by atoms with Crippen LogP contribution < -0.4 is 15.5 Å². The van der Waals surface area contributed by atoms with Gasteiger partial charge in [-0.1, -0.05) is 13.8 Å². The van der Waals surface area contributed by atoms with Crippen LogP contribution in [0.4, 0.5) is 10.1 Å². The Morgan fingerprint density at radius 1 is 1.25 bits per heavy atom. The molecule has 3 rings (SSSR count). The highest BCUT2D eigenvalue weighted by molar-refractivity contribution is 6.03. The van der Waals surface area contributed by atoms with Gasteiger partial charge in [-0.05, 0) is 43.4 Å². The maximum absolute atomic E-state index is 14.4. The summed E-state index contributed by atoms with van der Waals surface area (Å²) in [5.41, 5.74) is 0.556. The number of anilines is 1. The SMILES string of the molecule is CC.O=C1CCC(NC(=O)c2ccc(N3CCC(CO)CC3)cc2F)C(=O)N1. The fraction of sp³-hybridized carbons (Fsp3) is 0.550. The third-order valence-electron chi connectivity index (χ3n) is 4.98. The average molecular weight is 393 g/mol. The summed E-state index contributed by atoms with van der Waals surface area (Å²) in [7, 11) is 0. The number of aliphatic hydroxyl groups excluding tert-OH is 1. The molecule has 154 valence electrons. The Morgan fingerprint density at radius 3 is 2.50 bits per heavy atom. The highest BCUT2D eigenvalue weighted by atomic mass is 19.1. The summed E-state index contributed by atoms with van der Waals surface area (Å²) in [6.45, 7) is 5.63. The van der Waals surface area contributed by atoms with Gasteiger partial charge in [0.15, 0.2) is 0 Å². The molecule has 2 saturated heterocycles. The number of piperidine rings is 2. The van der Waals surface area contributed by atoms with Crippen molar-refractivity contribution in [3.63, 3.8) is 0 Å². The second-order valence-electron chi connectivity index (χ2n) is 6.75. The second kappa shape index (κ2) is 10.2. The van der Waals surface area contributed by atoms with Crippen LogP contribution in [0.2, 0.25) is 0 Å². The summed E-state index contributed by atoms with van der Waals surface area (Å²) in [5.74, 6) is -1.99. The number of hydrogen-bond acceptors (Lipinski definition) is 5. The Bertz CT molecular complexity index is 717. The molecule has 1 atom stereocenters. The Morgan fingerprint density at radius 2 is 1.93 bits per heavy atom. The number of rotatable bonds is 4. The maximum Gasteiger partial charge on any atom is 0.254 e. The molecule has 0 saturated carbocycles. The lowest BCUT2D eigenvalue weighted by atomic mass is 9.97. The van der Waals surface area contributed by atoms with Gasteiger partial charge in [0.05, 0.1) is 5.56 Å². The van der Waals surface area contributed by atoms with Crippen molar-refractivity contribution in [2.75, 3.05) is 24.6 Å². The zero-order valence-corrected chi connectivity index (χ0v) is 16.3. The van der Waals surface area contributed by atoms with Crippen LogP contribution in [0.1, 0.15) is 49.9 Å². The van der Waals surface area contributed by atoms with Crippen LogP contribution in [0.15, 0.2) is 18.2 Å². The van der Waals surface area contributed by atoms with Crippen LogP contribution in [-0.4, -0.2) is 48.6 Å². The molecule has 2 fully saturated rings. The number of nitrogens with one attached hydrogen (secondary N) is 2. The van der Waals surface area contributed by atoms with E-state index in [2.05, 4.69) is 10.6 Å². The van der Waals surface area contributed by atoms with Gasteiger partial charge < -0.3 is 15.3 Å². The molecule has 0 aliphatic carbocycles. The Labute approximate surface area is 164 Å². The van der Waals surface area contributed by atoms with Crippen molar-refractivity contribution in [2.24, 2.45) is 5.92 Å². The highest BCUT2D eigenvalue weighted by Gasteiger charge is 2.29. The number of amides is 3. The summed E-state index contributed by atoms with van der Waals surface area (Å²) in [4.78, 5) is 37.1. The minimum Gasteiger partial charge on any atom is -0.396 e.